The Morgan fingerprint density at radius 3 is 2.35 bits per heavy atom. The van der Waals surface area contributed by atoms with E-state index in [9.17, 15) is 14.4 Å². The molecule has 0 radical (unpaired) electrons. The van der Waals surface area contributed by atoms with Gasteiger partial charge in [0.25, 0.3) is 0 Å². The van der Waals surface area contributed by atoms with Crippen LogP contribution >= 0.6 is 0 Å². The van der Waals surface area contributed by atoms with E-state index in [2.05, 4.69) is 4.98 Å². The molecule has 1 aromatic heterocycles. The lowest BCUT2D eigenvalue weighted by molar-refractivity contribution is -0.129. The van der Waals surface area contributed by atoms with E-state index in [1.807, 2.05) is 0 Å². The number of aryl methyl sites for hydroxylation is 1. The van der Waals surface area contributed by atoms with Gasteiger partial charge >= 0.3 is 0 Å². The Labute approximate surface area is 98.8 Å². The second kappa shape index (κ2) is 4.61. The molecule has 0 aromatic carbocycles. The first-order valence-corrected chi connectivity index (χ1v) is 5.68. The minimum atomic E-state index is -1.13. The first-order chi connectivity index (χ1) is 8.11. The predicted molar refractivity (Wildman–Crippen MR) is 59.5 cm³/mol. The highest BCUT2D eigenvalue weighted by molar-refractivity contribution is 6.23. The third-order valence-electron chi connectivity index (χ3n) is 3.04. The number of imidazole rings is 1. The van der Waals surface area contributed by atoms with E-state index < -0.39 is 11.7 Å². The predicted octanol–water partition coefficient (Wildman–Crippen LogP) is 0.931. The van der Waals surface area contributed by atoms with Crippen molar-refractivity contribution in [1.82, 2.24) is 9.55 Å². The molecule has 2 rings (SSSR count). The van der Waals surface area contributed by atoms with Gasteiger partial charge in [-0.15, -0.1) is 0 Å². The summed E-state index contributed by atoms with van der Waals surface area (Å²) in [6.45, 7) is 0. The van der Waals surface area contributed by atoms with Crippen molar-refractivity contribution in [1.29, 1.82) is 0 Å². The summed E-state index contributed by atoms with van der Waals surface area (Å²) in [7, 11) is 1.67. The largest absolute Gasteiger partial charge is 0.332 e. The van der Waals surface area contributed by atoms with E-state index in [1.165, 1.54) is 10.8 Å². The Balaban J connectivity index is 2.31. The van der Waals surface area contributed by atoms with Gasteiger partial charge in [0.2, 0.25) is 5.78 Å². The molecule has 0 atom stereocenters. The van der Waals surface area contributed by atoms with Crippen LogP contribution in [-0.4, -0.2) is 26.9 Å². The Morgan fingerprint density at radius 1 is 1.29 bits per heavy atom. The first-order valence-electron chi connectivity index (χ1n) is 5.68. The summed E-state index contributed by atoms with van der Waals surface area (Å²) < 4.78 is 1.54. The number of aromatic nitrogens is 2. The van der Waals surface area contributed by atoms with Crippen molar-refractivity contribution >= 4 is 17.3 Å². The minimum absolute atomic E-state index is 0.179. The molecule has 5 nitrogen and oxygen atoms in total. The van der Waals surface area contributed by atoms with Crippen molar-refractivity contribution < 1.29 is 14.4 Å². The number of Topliss-reactive ketones (excluding diaryl/α,β-unsaturated/α-hetero) is 3. The zero-order chi connectivity index (χ0) is 12.4. The van der Waals surface area contributed by atoms with Crippen LogP contribution in [0.25, 0.3) is 0 Å². The summed E-state index contributed by atoms with van der Waals surface area (Å²) >= 11 is 0. The molecule has 1 heterocycles. The van der Waals surface area contributed by atoms with Crippen LogP contribution < -0.4 is 0 Å². The number of ketones is 3. The highest BCUT2D eigenvalue weighted by atomic mass is 16.2. The Bertz CT molecular complexity index is 458. The maximum atomic E-state index is 12.1. The number of hydrogen-bond donors (Lipinski definition) is 0. The standard InChI is InChI=1S/C12H14N2O3/c1-14-7-6-13-12(14)11(17)10-8(15)4-2-3-5-9(10)16/h6-7,10H,2-5H2,1H3. The summed E-state index contributed by atoms with van der Waals surface area (Å²) in [5, 5.41) is 0. The maximum Gasteiger partial charge on any atom is 0.216 e. The number of carbonyl (C=O) groups excluding carboxylic acids is 3. The van der Waals surface area contributed by atoms with Crippen molar-refractivity contribution in [2.45, 2.75) is 25.7 Å². The zero-order valence-electron chi connectivity index (χ0n) is 9.68. The Morgan fingerprint density at radius 2 is 1.88 bits per heavy atom. The van der Waals surface area contributed by atoms with Crippen LogP contribution in [0.3, 0.4) is 0 Å². The topological polar surface area (TPSA) is 69.0 Å². The van der Waals surface area contributed by atoms with E-state index in [1.54, 1.807) is 13.2 Å². The van der Waals surface area contributed by atoms with E-state index in [0.717, 1.165) is 0 Å². The van der Waals surface area contributed by atoms with Crippen LogP contribution in [-0.2, 0) is 16.6 Å². The lowest BCUT2D eigenvalue weighted by atomic mass is 9.92. The van der Waals surface area contributed by atoms with Crippen molar-refractivity contribution in [3.05, 3.63) is 18.2 Å². The third kappa shape index (κ3) is 2.18. The number of hydrogen-bond acceptors (Lipinski definition) is 4. The Hall–Kier alpha value is -1.78. The van der Waals surface area contributed by atoms with Gasteiger partial charge < -0.3 is 4.57 Å². The van der Waals surface area contributed by atoms with Crippen LogP contribution in [0, 0.1) is 5.92 Å². The second-order valence-corrected chi connectivity index (χ2v) is 4.30. The molecule has 0 N–H and O–H groups in total. The van der Waals surface area contributed by atoms with E-state index in [-0.39, 0.29) is 17.4 Å². The highest BCUT2D eigenvalue weighted by Gasteiger charge is 2.36. The van der Waals surface area contributed by atoms with Gasteiger partial charge in [0.15, 0.2) is 17.4 Å². The van der Waals surface area contributed by atoms with Crippen molar-refractivity contribution in [2.75, 3.05) is 0 Å². The van der Waals surface area contributed by atoms with E-state index in [4.69, 9.17) is 0 Å². The first kappa shape index (κ1) is 11.7. The molecule has 0 amide bonds. The molecule has 1 fully saturated rings. The van der Waals surface area contributed by atoms with Crippen molar-refractivity contribution in [3.63, 3.8) is 0 Å². The minimum Gasteiger partial charge on any atom is -0.332 e. The average Bonchev–Trinajstić information content (AvgIpc) is 2.63. The zero-order valence-corrected chi connectivity index (χ0v) is 9.68. The molecule has 1 aliphatic rings. The fourth-order valence-electron chi connectivity index (χ4n) is 2.09. The van der Waals surface area contributed by atoms with Gasteiger partial charge in [0.05, 0.1) is 0 Å². The second-order valence-electron chi connectivity index (χ2n) is 4.30. The summed E-state index contributed by atoms with van der Waals surface area (Å²) in [5.74, 6) is -1.94. The monoisotopic (exact) mass is 234 g/mol. The normalized spacial score (nSPS) is 18.2. The number of nitrogens with zero attached hydrogens (tertiary/aromatic N) is 2. The van der Waals surface area contributed by atoms with Gasteiger partial charge in [-0.1, -0.05) is 0 Å². The Kier molecular flexibility index (Phi) is 3.17. The average molecular weight is 234 g/mol. The summed E-state index contributed by atoms with van der Waals surface area (Å²) in [4.78, 5) is 39.6. The smallest absolute Gasteiger partial charge is 0.216 e. The fourth-order valence-corrected chi connectivity index (χ4v) is 2.09. The van der Waals surface area contributed by atoms with Crippen molar-refractivity contribution in [2.24, 2.45) is 13.0 Å². The molecule has 5 heteroatoms. The quantitative estimate of drug-likeness (QED) is 0.433. The summed E-state index contributed by atoms with van der Waals surface area (Å²) in [5.41, 5.74) is 0. The van der Waals surface area contributed by atoms with Crippen LogP contribution in [0.4, 0.5) is 0 Å². The molecule has 1 aliphatic carbocycles. The summed E-state index contributed by atoms with van der Waals surface area (Å²) in [6, 6.07) is 0. The van der Waals surface area contributed by atoms with Crippen LogP contribution in [0.15, 0.2) is 12.4 Å². The molecular formula is C12H14N2O3. The number of rotatable bonds is 2. The molecular weight excluding hydrogens is 220 g/mol. The van der Waals surface area contributed by atoms with Crippen LogP contribution in [0.1, 0.15) is 36.3 Å². The lowest BCUT2D eigenvalue weighted by Gasteiger charge is -2.10. The van der Waals surface area contributed by atoms with Crippen LogP contribution in [0.5, 0.6) is 0 Å². The van der Waals surface area contributed by atoms with Gasteiger partial charge in [-0.3, -0.25) is 14.4 Å². The molecule has 0 spiro atoms. The third-order valence-corrected chi connectivity index (χ3v) is 3.04. The SMILES string of the molecule is Cn1ccnc1C(=O)C1C(=O)CCCCC1=O. The molecule has 1 saturated carbocycles. The molecule has 0 unspecified atom stereocenters. The highest BCUT2D eigenvalue weighted by Crippen LogP contribution is 2.20. The van der Waals surface area contributed by atoms with Gasteiger partial charge in [0, 0.05) is 32.3 Å². The molecule has 90 valence electrons. The fraction of sp³-hybridized carbons (Fsp3) is 0.500. The molecule has 0 saturated heterocycles. The molecule has 17 heavy (non-hydrogen) atoms. The van der Waals surface area contributed by atoms with E-state index >= 15 is 0 Å². The van der Waals surface area contributed by atoms with Crippen molar-refractivity contribution in [3.8, 4) is 0 Å². The number of carbonyl (C=O) groups is 3. The van der Waals surface area contributed by atoms with Gasteiger partial charge in [-0.05, 0) is 12.8 Å². The van der Waals surface area contributed by atoms with E-state index in [0.29, 0.717) is 25.7 Å². The van der Waals surface area contributed by atoms with Gasteiger partial charge in [-0.2, -0.15) is 0 Å². The maximum absolute atomic E-state index is 12.1. The van der Waals surface area contributed by atoms with Crippen LogP contribution in [0.2, 0.25) is 0 Å². The lowest BCUT2D eigenvalue weighted by Crippen LogP contribution is -2.32. The van der Waals surface area contributed by atoms with Gasteiger partial charge in [0.1, 0.15) is 5.92 Å². The molecule has 0 aliphatic heterocycles. The van der Waals surface area contributed by atoms with Gasteiger partial charge in [-0.25, -0.2) is 4.98 Å². The molecule has 1 aromatic rings. The molecule has 0 bridgehead atoms. The summed E-state index contributed by atoms with van der Waals surface area (Å²) in [6.07, 6.45) is 5.11.